The molecule has 182 valence electrons. The van der Waals surface area contributed by atoms with Gasteiger partial charge in [-0.2, -0.15) is 0 Å². The number of hydrogen-bond acceptors (Lipinski definition) is 7. The van der Waals surface area contributed by atoms with Gasteiger partial charge in [-0.3, -0.25) is 9.59 Å². The van der Waals surface area contributed by atoms with Crippen molar-refractivity contribution in [3.63, 3.8) is 0 Å². The minimum Gasteiger partial charge on any atom is -0.489 e. The van der Waals surface area contributed by atoms with Gasteiger partial charge in [-0.15, -0.1) is 0 Å². The van der Waals surface area contributed by atoms with Crippen molar-refractivity contribution in [2.24, 2.45) is 0 Å². The maximum Gasteiger partial charge on any atom is 0.414 e. The van der Waals surface area contributed by atoms with Crippen LogP contribution < -0.4 is 0 Å². The number of carbonyl (C=O) groups excluding carboxylic acids is 2. The second-order valence-corrected chi connectivity index (χ2v) is 7.80. The first-order valence-electron chi connectivity index (χ1n) is 10.8. The molecule has 0 radical (unpaired) electrons. The second-order valence-electron chi connectivity index (χ2n) is 7.80. The highest BCUT2D eigenvalue weighted by molar-refractivity contribution is 6.27. The van der Waals surface area contributed by atoms with E-state index in [4.69, 9.17) is 29.3 Å². The van der Waals surface area contributed by atoms with Crippen molar-refractivity contribution in [2.75, 3.05) is 28.3 Å². The number of rotatable bonds is 12. The lowest BCUT2D eigenvalue weighted by Gasteiger charge is -2.24. The van der Waals surface area contributed by atoms with E-state index in [0.717, 1.165) is 19.3 Å². The van der Waals surface area contributed by atoms with E-state index in [9.17, 15) is 9.59 Å². The van der Waals surface area contributed by atoms with Gasteiger partial charge in [0.25, 0.3) is 0 Å². The number of carboxylic acid groups (broad SMARTS) is 2. The van der Waals surface area contributed by atoms with Gasteiger partial charge in [-0.05, 0) is 46.7 Å². The molecule has 1 aliphatic carbocycles. The minimum absolute atomic E-state index is 0.0171. The lowest BCUT2D eigenvalue weighted by atomic mass is 9.89. The Bertz CT molecular complexity index is 724. The van der Waals surface area contributed by atoms with E-state index in [1.807, 2.05) is 0 Å². The second kappa shape index (κ2) is 15.2. The van der Waals surface area contributed by atoms with Gasteiger partial charge in [0.05, 0.1) is 14.2 Å². The molecule has 0 fully saturated rings. The predicted octanol–water partition coefficient (Wildman–Crippen LogP) is 3.19. The third kappa shape index (κ3) is 9.21. The molecular formula is C23H37NO8. The number of carboxylic acids is 2. The normalized spacial score (nSPS) is 14.8. The molecule has 1 unspecified atom stereocenters. The van der Waals surface area contributed by atoms with Gasteiger partial charge in [0.2, 0.25) is 23.1 Å². The summed E-state index contributed by atoms with van der Waals surface area (Å²) < 4.78 is 10.2. The van der Waals surface area contributed by atoms with Crippen molar-refractivity contribution in [3.05, 3.63) is 22.7 Å². The van der Waals surface area contributed by atoms with Crippen molar-refractivity contribution >= 4 is 23.5 Å². The summed E-state index contributed by atoms with van der Waals surface area (Å²) in [7, 11) is 7.08. The first kappa shape index (κ1) is 29.3. The summed E-state index contributed by atoms with van der Waals surface area (Å²) in [6.07, 6.45) is 8.61. The zero-order chi connectivity index (χ0) is 24.8. The summed E-state index contributed by atoms with van der Waals surface area (Å²) in [4.78, 5) is 45.5. The molecule has 0 saturated carbocycles. The molecule has 32 heavy (non-hydrogen) atoms. The minimum atomic E-state index is -1.82. The number of methoxy groups -OCH3 is 2. The highest BCUT2D eigenvalue weighted by Crippen LogP contribution is 2.29. The Morgan fingerprint density at radius 3 is 1.81 bits per heavy atom. The highest BCUT2D eigenvalue weighted by atomic mass is 16.5. The third-order valence-electron chi connectivity index (χ3n) is 5.36. The molecule has 0 saturated heterocycles. The van der Waals surface area contributed by atoms with Crippen molar-refractivity contribution in [2.45, 2.75) is 71.3 Å². The molecule has 0 aromatic carbocycles. The molecule has 0 aromatic rings. The van der Waals surface area contributed by atoms with Crippen molar-refractivity contribution < 1.29 is 38.9 Å². The molecule has 0 bridgehead atoms. The van der Waals surface area contributed by atoms with Gasteiger partial charge in [0.15, 0.2) is 0 Å². The van der Waals surface area contributed by atoms with Crippen LogP contribution >= 0.6 is 0 Å². The average Bonchev–Trinajstić information content (AvgIpc) is 2.74. The van der Waals surface area contributed by atoms with E-state index in [1.54, 1.807) is 6.92 Å². The lowest BCUT2D eigenvalue weighted by Crippen LogP contribution is -2.27. The molecule has 0 heterocycles. The lowest BCUT2D eigenvalue weighted by molar-refractivity contribution is -0.159. The molecule has 0 amide bonds. The number of carbonyl (C=O) groups is 4. The Balaban J connectivity index is 0.00000140. The van der Waals surface area contributed by atoms with Crippen LogP contribution in [0, 0.1) is 0 Å². The fourth-order valence-corrected chi connectivity index (χ4v) is 3.45. The highest BCUT2D eigenvalue weighted by Gasteiger charge is 2.34. The molecule has 1 rings (SSSR count). The topological polar surface area (TPSA) is 130 Å². The van der Waals surface area contributed by atoms with Crippen LogP contribution in [0.2, 0.25) is 0 Å². The van der Waals surface area contributed by atoms with Crippen molar-refractivity contribution in [3.8, 4) is 0 Å². The molecule has 2 N–H and O–H groups in total. The largest absolute Gasteiger partial charge is 0.489 e. The van der Waals surface area contributed by atoms with Crippen LogP contribution in [0.1, 0.15) is 65.2 Å². The molecule has 9 nitrogen and oxygen atoms in total. The van der Waals surface area contributed by atoms with Gasteiger partial charge < -0.3 is 24.6 Å². The van der Waals surface area contributed by atoms with Gasteiger partial charge >= 0.3 is 11.9 Å². The number of aliphatic carboxylic acids is 2. The van der Waals surface area contributed by atoms with Gasteiger partial charge in [0.1, 0.15) is 0 Å². The monoisotopic (exact) mass is 455 g/mol. The molecule has 0 aromatic heterocycles. The van der Waals surface area contributed by atoms with E-state index in [2.05, 4.69) is 25.9 Å². The van der Waals surface area contributed by atoms with Crippen LogP contribution in [-0.2, 0) is 28.7 Å². The van der Waals surface area contributed by atoms with Gasteiger partial charge in [-0.1, -0.05) is 32.6 Å². The summed E-state index contributed by atoms with van der Waals surface area (Å²) in [5.41, 5.74) is 1.06. The first-order valence-corrected chi connectivity index (χ1v) is 10.8. The van der Waals surface area contributed by atoms with Crippen molar-refractivity contribution in [1.82, 2.24) is 4.90 Å². The van der Waals surface area contributed by atoms with E-state index in [0.29, 0.717) is 23.6 Å². The Labute approximate surface area is 190 Å². The molecule has 0 spiro atoms. The van der Waals surface area contributed by atoms with Crippen LogP contribution in [0.15, 0.2) is 22.7 Å². The predicted molar refractivity (Wildman–Crippen MR) is 119 cm³/mol. The van der Waals surface area contributed by atoms with E-state index in [-0.39, 0.29) is 23.1 Å². The average molecular weight is 456 g/mol. The van der Waals surface area contributed by atoms with Crippen LogP contribution in [0.5, 0.6) is 0 Å². The Morgan fingerprint density at radius 1 is 0.875 bits per heavy atom. The van der Waals surface area contributed by atoms with Crippen molar-refractivity contribution in [1.29, 1.82) is 0 Å². The smallest absolute Gasteiger partial charge is 0.414 e. The molecule has 1 aliphatic rings. The quantitative estimate of drug-likeness (QED) is 0.259. The number of ketones is 2. The summed E-state index contributed by atoms with van der Waals surface area (Å²) in [6, 6.07) is 0.626. The van der Waals surface area contributed by atoms with E-state index in [1.165, 1.54) is 39.9 Å². The first-order chi connectivity index (χ1) is 15.0. The van der Waals surface area contributed by atoms with Crippen LogP contribution in [-0.4, -0.2) is 73.0 Å². The fraction of sp³-hybridized carbons (Fsp3) is 0.652. The summed E-state index contributed by atoms with van der Waals surface area (Å²) in [5.74, 6) is -4.06. The summed E-state index contributed by atoms with van der Waals surface area (Å²) >= 11 is 0. The third-order valence-corrected chi connectivity index (χ3v) is 5.36. The summed E-state index contributed by atoms with van der Waals surface area (Å²) in [5, 5.41) is 14.8. The molecule has 1 atom stereocenters. The zero-order valence-corrected chi connectivity index (χ0v) is 20.0. The maximum absolute atomic E-state index is 12.6. The maximum atomic E-state index is 12.6. The van der Waals surface area contributed by atoms with E-state index >= 15 is 0 Å². The molecule has 9 heteroatoms. The molecule has 0 aliphatic heterocycles. The fourth-order valence-electron chi connectivity index (χ4n) is 3.45. The Kier molecular flexibility index (Phi) is 13.9. The number of Topliss-reactive ketones (excluding diaryl/α,β-unsaturated/α-hetero) is 2. The van der Waals surface area contributed by atoms with Gasteiger partial charge in [0, 0.05) is 17.2 Å². The zero-order valence-electron chi connectivity index (χ0n) is 20.0. The van der Waals surface area contributed by atoms with Gasteiger partial charge in [-0.25, -0.2) is 9.59 Å². The van der Waals surface area contributed by atoms with Crippen LogP contribution in [0.25, 0.3) is 0 Å². The number of nitrogens with zero attached hydrogens (tertiary/aromatic N) is 1. The van der Waals surface area contributed by atoms with Crippen LogP contribution in [0.4, 0.5) is 0 Å². The van der Waals surface area contributed by atoms with E-state index < -0.39 is 11.9 Å². The summed E-state index contributed by atoms with van der Waals surface area (Å²) in [6.45, 7) is 3.93. The number of allylic oxidation sites excluding steroid dienone is 2. The molecular weight excluding hydrogens is 418 g/mol. The van der Waals surface area contributed by atoms with Crippen LogP contribution in [0.3, 0.4) is 0 Å². The number of ether oxygens (including phenoxy) is 2. The number of hydrogen-bond donors (Lipinski definition) is 2. The number of unbranched alkanes of at least 4 members (excludes halogenated alkanes) is 3. The SMILES string of the molecule is CCCCC(CCCCCC1=C(C)C(=O)C(OC)=C(OC)C1=O)N(C)C.O=C(O)C(=O)O. The standard InChI is InChI=1S/C21H35NO4.C2H2O4/c1-7-8-12-16(22(3)4)13-10-9-11-14-17-15(2)18(23)20(25-5)21(26-6)19(17)24;3-1(4)2(5)6/h16H,7-14H2,1-6H3;(H,3,4)(H,5,6). The Morgan fingerprint density at radius 2 is 1.38 bits per heavy atom. The Hall–Kier alpha value is -2.68.